The Balaban J connectivity index is 1.98. The smallest absolute Gasteiger partial charge is 0.123 e. The van der Waals surface area contributed by atoms with Crippen molar-refractivity contribution in [2.24, 2.45) is 0 Å². The van der Waals surface area contributed by atoms with Crippen LogP contribution < -0.4 is 10.1 Å². The molecule has 0 radical (unpaired) electrons. The SMILES string of the molecule is COc1ccc(Cl)cc1CNC1CCCCC1O. The summed E-state index contributed by atoms with van der Waals surface area (Å²) in [6, 6.07) is 5.78. The zero-order valence-electron chi connectivity index (χ0n) is 10.7. The fourth-order valence-corrected chi connectivity index (χ4v) is 2.67. The Kier molecular flexibility index (Phi) is 4.87. The van der Waals surface area contributed by atoms with Gasteiger partial charge in [0.25, 0.3) is 0 Å². The van der Waals surface area contributed by atoms with Crippen LogP contribution in [0.2, 0.25) is 5.02 Å². The molecule has 0 aromatic heterocycles. The molecule has 1 aromatic rings. The van der Waals surface area contributed by atoms with Gasteiger partial charge in [0.15, 0.2) is 0 Å². The van der Waals surface area contributed by atoms with Gasteiger partial charge in [0, 0.05) is 23.2 Å². The summed E-state index contributed by atoms with van der Waals surface area (Å²) in [5, 5.41) is 14.0. The predicted molar refractivity (Wildman–Crippen MR) is 73.1 cm³/mol. The van der Waals surface area contributed by atoms with E-state index in [1.54, 1.807) is 7.11 Å². The van der Waals surface area contributed by atoms with E-state index in [1.165, 1.54) is 6.42 Å². The van der Waals surface area contributed by atoms with Crippen LogP contribution in [0.4, 0.5) is 0 Å². The normalized spacial score (nSPS) is 23.9. The van der Waals surface area contributed by atoms with Crippen LogP contribution in [0.1, 0.15) is 31.2 Å². The molecule has 2 atom stereocenters. The molecule has 0 saturated heterocycles. The van der Waals surface area contributed by atoms with Crippen molar-refractivity contribution in [1.29, 1.82) is 0 Å². The fourth-order valence-electron chi connectivity index (χ4n) is 2.48. The molecule has 100 valence electrons. The number of hydrogen-bond acceptors (Lipinski definition) is 3. The molecule has 1 aliphatic rings. The summed E-state index contributed by atoms with van der Waals surface area (Å²) < 4.78 is 5.31. The van der Waals surface area contributed by atoms with Gasteiger partial charge >= 0.3 is 0 Å². The van der Waals surface area contributed by atoms with Gasteiger partial charge in [-0.05, 0) is 31.0 Å². The summed E-state index contributed by atoms with van der Waals surface area (Å²) in [5.41, 5.74) is 1.03. The molecule has 4 heteroatoms. The van der Waals surface area contributed by atoms with E-state index >= 15 is 0 Å². The minimum Gasteiger partial charge on any atom is -0.496 e. The highest BCUT2D eigenvalue weighted by atomic mass is 35.5. The largest absolute Gasteiger partial charge is 0.496 e. The third kappa shape index (κ3) is 3.37. The Labute approximate surface area is 113 Å². The van der Waals surface area contributed by atoms with Gasteiger partial charge in [0.2, 0.25) is 0 Å². The molecule has 1 saturated carbocycles. The van der Waals surface area contributed by atoms with Crippen molar-refractivity contribution >= 4 is 11.6 Å². The number of aliphatic hydroxyl groups excluding tert-OH is 1. The van der Waals surface area contributed by atoms with Crippen LogP contribution in [0.5, 0.6) is 5.75 Å². The number of halogens is 1. The number of benzene rings is 1. The van der Waals surface area contributed by atoms with Crippen molar-refractivity contribution in [3.8, 4) is 5.75 Å². The number of nitrogens with one attached hydrogen (secondary N) is 1. The highest BCUT2D eigenvalue weighted by Gasteiger charge is 2.22. The van der Waals surface area contributed by atoms with Gasteiger partial charge in [0.1, 0.15) is 5.75 Å². The lowest BCUT2D eigenvalue weighted by molar-refractivity contribution is 0.0901. The number of aliphatic hydroxyl groups is 1. The quantitative estimate of drug-likeness (QED) is 0.883. The zero-order chi connectivity index (χ0) is 13.0. The predicted octanol–water partition coefficient (Wildman–Crippen LogP) is 2.74. The van der Waals surface area contributed by atoms with E-state index in [9.17, 15) is 5.11 Å². The molecule has 2 N–H and O–H groups in total. The lowest BCUT2D eigenvalue weighted by Crippen LogP contribution is -2.41. The first kappa shape index (κ1) is 13.7. The molecule has 1 aliphatic carbocycles. The van der Waals surface area contributed by atoms with Crippen LogP contribution in [0.3, 0.4) is 0 Å². The molecular weight excluding hydrogens is 250 g/mol. The maximum Gasteiger partial charge on any atom is 0.123 e. The van der Waals surface area contributed by atoms with Gasteiger partial charge < -0.3 is 15.2 Å². The van der Waals surface area contributed by atoms with Crippen LogP contribution in [0.25, 0.3) is 0 Å². The van der Waals surface area contributed by atoms with E-state index in [1.807, 2.05) is 18.2 Å². The van der Waals surface area contributed by atoms with Gasteiger partial charge in [-0.3, -0.25) is 0 Å². The average Bonchev–Trinajstić information content (AvgIpc) is 2.38. The summed E-state index contributed by atoms with van der Waals surface area (Å²) in [6.45, 7) is 0.672. The Morgan fingerprint density at radius 3 is 2.89 bits per heavy atom. The summed E-state index contributed by atoms with van der Waals surface area (Å²) in [5.74, 6) is 0.831. The molecule has 2 unspecified atom stereocenters. The third-order valence-electron chi connectivity index (χ3n) is 3.53. The van der Waals surface area contributed by atoms with Crippen molar-refractivity contribution in [2.45, 2.75) is 44.4 Å². The molecule has 1 fully saturated rings. The second-order valence-electron chi connectivity index (χ2n) is 4.80. The number of rotatable bonds is 4. The molecule has 3 nitrogen and oxygen atoms in total. The van der Waals surface area contributed by atoms with Gasteiger partial charge in [-0.2, -0.15) is 0 Å². The Bertz CT molecular complexity index is 397. The topological polar surface area (TPSA) is 41.5 Å². The minimum absolute atomic E-state index is 0.183. The van der Waals surface area contributed by atoms with Crippen LogP contribution >= 0.6 is 11.6 Å². The molecule has 0 bridgehead atoms. The second kappa shape index (κ2) is 6.41. The molecular formula is C14H20ClNO2. The van der Waals surface area contributed by atoms with Crippen LogP contribution in [-0.2, 0) is 6.54 Å². The first-order valence-electron chi connectivity index (χ1n) is 6.44. The summed E-state index contributed by atoms with van der Waals surface area (Å²) in [6.07, 6.45) is 4.00. The van der Waals surface area contributed by atoms with Gasteiger partial charge in [-0.25, -0.2) is 0 Å². The number of hydrogen-bond donors (Lipinski definition) is 2. The van der Waals surface area contributed by atoms with Gasteiger partial charge in [-0.15, -0.1) is 0 Å². The maximum absolute atomic E-state index is 9.91. The number of ether oxygens (including phenoxy) is 1. The van der Waals surface area contributed by atoms with E-state index in [2.05, 4.69) is 5.32 Å². The Hall–Kier alpha value is -0.770. The third-order valence-corrected chi connectivity index (χ3v) is 3.76. The summed E-state index contributed by atoms with van der Waals surface area (Å²) in [4.78, 5) is 0. The Morgan fingerprint density at radius 2 is 2.17 bits per heavy atom. The van der Waals surface area contributed by atoms with Crippen LogP contribution in [0, 0.1) is 0 Å². The molecule has 0 heterocycles. The monoisotopic (exact) mass is 269 g/mol. The maximum atomic E-state index is 9.91. The molecule has 0 aliphatic heterocycles. The zero-order valence-corrected chi connectivity index (χ0v) is 11.4. The van der Waals surface area contributed by atoms with Crippen molar-refractivity contribution in [3.63, 3.8) is 0 Å². The lowest BCUT2D eigenvalue weighted by atomic mass is 9.92. The highest BCUT2D eigenvalue weighted by molar-refractivity contribution is 6.30. The van der Waals surface area contributed by atoms with E-state index in [0.29, 0.717) is 11.6 Å². The lowest BCUT2D eigenvalue weighted by Gasteiger charge is -2.28. The van der Waals surface area contributed by atoms with Gasteiger partial charge in [0.05, 0.1) is 13.2 Å². The molecule has 0 amide bonds. The van der Waals surface area contributed by atoms with Crippen molar-refractivity contribution in [2.75, 3.05) is 7.11 Å². The standard InChI is InChI=1S/C14H20ClNO2/c1-18-14-7-6-11(15)8-10(14)9-16-12-4-2-3-5-13(12)17/h6-8,12-13,16-17H,2-5,9H2,1H3. The minimum atomic E-state index is -0.232. The molecule has 2 rings (SSSR count). The fraction of sp³-hybridized carbons (Fsp3) is 0.571. The Morgan fingerprint density at radius 1 is 1.39 bits per heavy atom. The van der Waals surface area contributed by atoms with Crippen LogP contribution in [-0.4, -0.2) is 24.4 Å². The van der Waals surface area contributed by atoms with E-state index in [4.69, 9.17) is 16.3 Å². The average molecular weight is 270 g/mol. The first-order chi connectivity index (χ1) is 8.70. The van der Waals surface area contributed by atoms with Crippen molar-refractivity contribution < 1.29 is 9.84 Å². The first-order valence-corrected chi connectivity index (χ1v) is 6.82. The molecule has 0 spiro atoms. The van der Waals surface area contributed by atoms with E-state index < -0.39 is 0 Å². The van der Waals surface area contributed by atoms with Gasteiger partial charge in [-0.1, -0.05) is 24.4 Å². The van der Waals surface area contributed by atoms with Crippen LogP contribution in [0.15, 0.2) is 18.2 Å². The summed E-state index contributed by atoms with van der Waals surface area (Å²) >= 11 is 5.99. The van der Waals surface area contributed by atoms with Crippen molar-refractivity contribution in [1.82, 2.24) is 5.32 Å². The molecule has 1 aromatic carbocycles. The van der Waals surface area contributed by atoms with E-state index in [-0.39, 0.29) is 12.1 Å². The number of methoxy groups -OCH3 is 1. The van der Waals surface area contributed by atoms with Crippen molar-refractivity contribution in [3.05, 3.63) is 28.8 Å². The molecule has 18 heavy (non-hydrogen) atoms. The second-order valence-corrected chi connectivity index (χ2v) is 5.23. The highest BCUT2D eigenvalue weighted by Crippen LogP contribution is 2.24. The summed E-state index contributed by atoms with van der Waals surface area (Å²) in [7, 11) is 1.65. The van der Waals surface area contributed by atoms with E-state index in [0.717, 1.165) is 30.6 Å².